The summed E-state index contributed by atoms with van der Waals surface area (Å²) in [5.74, 6) is -0.0903. The maximum atomic E-state index is 12.7. The SMILES string of the molecule is CN(CCc1ccncc1)C(=O)c1cc(N2CCN(C=O)CC2)ccn1. The van der Waals surface area contributed by atoms with Crippen molar-refractivity contribution in [3.63, 3.8) is 0 Å². The summed E-state index contributed by atoms with van der Waals surface area (Å²) in [6.07, 6.45) is 6.85. The van der Waals surface area contributed by atoms with Gasteiger partial charge in [-0.3, -0.25) is 19.6 Å². The number of hydrogen-bond acceptors (Lipinski definition) is 5. The third-order valence-electron chi connectivity index (χ3n) is 4.62. The van der Waals surface area contributed by atoms with Gasteiger partial charge in [-0.25, -0.2) is 0 Å². The maximum Gasteiger partial charge on any atom is 0.272 e. The molecule has 0 aliphatic carbocycles. The molecule has 7 nitrogen and oxygen atoms in total. The highest BCUT2D eigenvalue weighted by atomic mass is 16.2. The number of nitrogens with zero attached hydrogens (tertiary/aromatic N) is 5. The third kappa shape index (κ3) is 4.36. The van der Waals surface area contributed by atoms with Crippen molar-refractivity contribution in [1.29, 1.82) is 0 Å². The van der Waals surface area contributed by atoms with Crippen molar-refractivity contribution in [2.24, 2.45) is 0 Å². The van der Waals surface area contributed by atoms with Gasteiger partial charge in [0.05, 0.1) is 0 Å². The van der Waals surface area contributed by atoms with Gasteiger partial charge in [-0.2, -0.15) is 0 Å². The van der Waals surface area contributed by atoms with Crippen LogP contribution in [0.25, 0.3) is 0 Å². The Hall–Kier alpha value is -2.96. The number of carbonyl (C=O) groups is 2. The minimum absolute atomic E-state index is 0.0903. The molecule has 1 fully saturated rings. The molecule has 2 aromatic heterocycles. The van der Waals surface area contributed by atoms with Crippen LogP contribution in [-0.2, 0) is 11.2 Å². The summed E-state index contributed by atoms with van der Waals surface area (Å²) in [7, 11) is 1.79. The Morgan fingerprint density at radius 2 is 1.88 bits per heavy atom. The highest BCUT2D eigenvalue weighted by Crippen LogP contribution is 2.17. The van der Waals surface area contributed by atoms with Crippen LogP contribution in [0.1, 0.15) is 16.1 Å². The average Bonchev–Trinajstić information content (AvgIpc) is 2.72. The Balaban J connectivity index is 1.61. The molecule has 1 aliphatic rings. The first-order chi connectivity index (χ1) is 12.7. The van der Waals surface area contributed by atoms with Crippen LogP contribution < -0.4 is 4.90 Å². The lowest BCUT2D eigenvalue weighted by Gasteiger charge is -2.34. The predicted octanol–water partition coefficient (Wildman–Crippen LogP) is 1.07. The Morgan fingerprint density at radius 3 is 2.58 bits per heavy atom. The van der Waals surface area contributed by atoms with Gasteiger partial charge in [0, 0.05) is 64.0 Å². The molecule has 1 saturated heterocycles. The zero-order valence-electron chi connectivity index (χ0n) is 14.9. The first kappa shape index (κ1) is 17.8. The van der Waals surface area contributed by atoms with Crippen LogP contribution in [-0.4, -0.2) is 71.9 Å². The van der Waals surface area contributed by atoms with E-state index in [0.717, 1.165) is 37.2 Å². The molecule has 0 unspecified atom stereocenters. The Bertz CT molecular complexity index is 745. The molecule has 136 valence electrons. The molecule has 2 aromatic rings. The van der Waals surface area contributed by atoms with Crippen LogP contribution in [0.2, 0.25) is 0 Å². The average molecular weight is 353 g/mol. The van der Waals surface area contributed by atoms with E-state index < -0.39 is 0 Å². The maximum absolute atomic E-state index is 12.7. The Morgan fingerprint density at radius 1 is 1.15 bits per heavy atom. The molecule has 3 rings (SSSR count). The fraction of sp³-hybridized carbons (Fsp3) is 0.368. The topological polar surface area (TPSA) is 69.6 Å². The quantitative estimate of drug-likeness (QED) is 0.727. The van der Waals surface area contributed by atoms with Gasteiger partial charge in [-0.15, -0.1) is 0 Å². The molecule has 2 amide bonds. The van der Waals surface area contributed by atoms with Gasteiger partial charge in [-0.1, -0.05) is 0 Å². The van der Waals surface area contributed by atoms with Crippen LogP contribution in [0.15, 0.2) is 42.9 Å². The van der Waals surface area contributed by atoms with Gasteiger partial charge in [0.25, 0.3) is 5.91 Å². The van der Waals surface area contributed by atoms with Crippen molar-refractivity contribution in [3.8, 4) is 0 Å². The summed E-state index contributed by atoms with van der Waals surface area (Å²) in [6, 6.07) is 7.65. The smallest absolute Gasteiger partial charge is 0.272 e. The van der Waals surface area contributed by atoms with E-state index in [0.29, 0.717) is 25.3 Å². The highest BCUT2D eigenvalue weighted by Gasteiger charge is 2.18. The van der Waals surface area contributed by atoms with E-state index in [1.807, 2.05) is 24.3 Å². The van der Waals surface area contributed by atoms with E-state index in [-0.39, 0.29) is 5.91 Å². The molecule has 0 aromatic carbocycles. The second kappa shape index (κ2) is 8.42. The molecule has 0 radical (unpaired) electrons. The third-order valence-corrected chi connectivity index (χ3v) is 4.62. The van der Waals surface area contributed by atoms with Gasteiger partial charge in [0.1, 0.15) is 5.69 Å². The van der Waals surface area contributed by atoms with E-state index in [9.17, 15) is 9.59 Å². The van der Waals surface area contributed by atoms with Gasteiger partial charge in [0.2, 0.25) is 6.41 Å². The lowest BCUT2D eigenvalue weighted by Crippen LogP contribution is -2.45. The number of amides is 2. The molecular formula is C19H23N5O2. The van der Waals surface area contributed by atoms with Crippen molar-refractivity contribution in [2.45, 2.75) is 6.42 Å². The summed E-state index contributed by atoms with van der Waals surface area (Å²) in [4.78, 5) is 37.4. The van der Waals surface area contributed by atoms with E-state index in [1.165, 1.54) is 0 Å². The number of piperazine rings is 1. The van der Waals surface area contributed by atoms with Gasteiger partial charge in [0.15, 0.2) is 0 Å². The number of rotatable bonds is 6. The standard InChI is InChI=1S/C19H23N5O2/c1-22(9-5-16-2-6-20-7-3-16)19(26)18-14-17(4-8-21-18)24-12-10-23(15-25)11-13-24/h2-4,6-8,14-15H,5,9-13H2,1H3. The molecule has 0 N–H and O–H groups in total. The number of aromatic nitrogens is 2. The molecule has 0 spiro atoms. The van der Waals surface area contributed by atoms with E-state index in [1.54, 1.807) is 35.4 Å². The second-order valence-electron chi connectivity index (χ2n) is 6.36. The fourth-order valence-electron chi connectivity index (χ4n) is 2.96. The summed E-state index contributed by atoms with van der Waals surface area (Å²) >= 11 is 0. The Labute approximate surface area is 153 Å². The van der Waals surface area contributed by atoms with Gasteiger partial charge in [-0.05, 0) is 36.2 Å². The van der Waals surface area contributed by atoms with Crippen LogP contribution in [0, 0.1) is 0 Å². The lowest BCUT2D eigenvalue weighted by molar-refractivity contribution is -0.118. The number of carbonyl (C=O) groups excluding carboxylic acids is 2. The molecule has 0 saturated carbocycles. The van der Waals surface area contributed by atoms with Crippen molar-refractivity contribution < 1.29 is 9.59 Å². The number of hydrogen-bond donors (Lipinski definition) is 0. The molecule has 1 aliphatic heterocycles. The normalized spacial score (nSPS) is 14.2. The molecule has 7 heteroatoms. The van der Waals surface area contributed by atoms with Crippen LogP contribution >= 0.6 is 0 Å². The Kier molecular flexibility index (Phi) is 5.78. The summed E-state index contributed by atoms with van der Waals surface area (Å²) in [5.41, 5.74) is 2.56. The van der Waals surface area contributed by atoms with Crippen molar-refractivity contribution in [2.75, 3.05) is 44.7 Å². The van der Waals surface area contributed by atoms with Crippen LogP contribution in [0.5, 0.6) is 0 Å². The molecular weight excluding hydrogens is 330 g/mol. The first-order valence-corrected chi connectivity index (χ1v) is 8.72. The predicted molar refractivity (Wildman–Crippen MR) is 99.0 cm³/mol. The zero-order chi connectivity index (χ0) is 18.4. The van der Waals surface area contributed by atoms with Gasteiger partial charge >= 0.3 is 0 Å². The number of anilines is 1. The van der Waals surface area contributed by atoms with Crippen molar-refractivity contribution >= 4 is 18.0 Å². The first-order valence-electron chi connectivity index (χ1n) is 8.72. The number of pyridine rings is 2. The monoisotopic (exact) mass is 353 g/mol. The molecule has 26 heavy (non-hydrogen) atoms. The van der Waals surface area contributed by atoms with Gasteiger partial charge < -0.3 is 14.7 Å². The minimum atomic E-state index is -0.0903. The highest BCUT2D eigenvalue weighted by molar-refractivity contribution is 5.93. The largest absolute Gasteiger partial charge is 0.368 e. The molecule has 0 bridgehead atoms. The summed E-state index contributed by atoms with van der Waals surface area (Å²) < 4.78 is 0. The lowest BCUT2D eigenvalue weighted by atomic mass is 10.2. The van der Waals surface area contributed by atoms with Crippen LogP contribution in [0.3, 0.4) is 0 Å². The van der Waals surface area contributed by atoms with Crippen molar-refractivity contribution in [1.82, 2.24) is 19.8 Å². The van der Waals surface area contributed by atoms with E-state index in [4.69, 9.17) is 0 Å². The summed E-state index contributed by atoms with van der Waals surface area (Å²) in [6.45, 7) is 3.52. The van der Waals surface area contributed by atoms with E-state index >= 15 is 0 Å². The van der Waals surface area contributed by atoms with Crippen LogP contribution in [0.4, 0.5) is 5.69 Å². The molecule has 3 heterocycles. The second-order valence-corrected chi connectivity index (χ2v) is 6.36. The fourth-order valence-corrected chi connectivity index (χ4v) is 2.96. The minimum Gasteiger partial charge on any atom is -0.368 e. The summed E-state index contributed by atoms with van der Waals surface area (Å²) in [5, 5.41) is 0. The van der Waals surface area contributed by atoms with E-state index in [2.05, 4.69) is 14.9 Å². The zero-order valence-corrected chi connectivity index (χ0v) is 14.9. The number of likely N-dealkylation sites (N-methyl/N-ethyl adjacent to an activating group) is 1. The van der Waals surface area contributed by atoms with Crippen molar-refractivity contribution in [3.05, 3.63) is 54.1 Å². The molecule has 0 atom stereocenters.